The van der Waals surface area contributed by atoms with Gasteiger partial charge in [-0.2, -0.15) is 0 Å². The molecule has 5 nitrogen and oxygen atoms in total. The van der Waals surface area contributed by atoms with Gasteiger partial charge in [0.15, 0.2) is 6.61 Å². The molecular formula is C31H35BrN2O3. The van der Waals surface area contributed by atoms with E-state index >= 15 is 0 Å². The highest BCUT2D eigenvalue weighted by Gasteiger charge is 2.32. The SMILES string of the molecule is Cc1cc(OCC(=O)N(Cc2ccccc2)C(Cc2ccccc2)C(=O)NC2CCCC2)cc(C)c1Br. The Bertz CT molecular complexity index is 1170. The van der Waals surface area contributed by atoms with Crippen molar-refractivity contribution in [3.05, 3.63) is 99.5 Å². The summed E-state index contributed by atoms with van der Waals surface area (Å²) >= 11 is 3.58. The van der Waals surface area contributed by atoms with Crippen LogP contribution >= 0.6 is 15.9 Å². The lowest BCUT2D eigenvalue weighted by Gasteiger charge is -2.32. The maximum atomic E-state index is 13.7. The Hall–Kier alpha value is -3.12. The first-order valence-electron chi connectivity index (χ1n) is 13.0. The summed E-state index contributed by atoms with van der Waals surface area (Å²) in [6.45, 7) is 4.18. The summed E-state index contributed by atoms with van der Waals surface area (Å²) < 4.78 is 7.00. The van der Waals surface area contributed by atoms with Gasteiger partial charge in [-0.3, -0.25) is 9.59 Å². The second-order valence-corrected chi connectivity index (χ2v) is 10.7. The lowest BCUT2D eigenvalue weighted by atomic mass is 10.0. The number of aryl methyl sites for hydroxylation is 2. The molecule has 1 atom stereocenters. The van der Waals surface area contributed by atoms with Gasteiger partial charge in [0.2, 0.25) is 5.91 Å². The van der Waals surface area contributed by atoms with Crippen molar-refractivity contribution in [2.24, 2.45) is 0 Å². The van der Waals surface area contributed by atoms with Crippen LogP contribution in [0.1, 0.15) is 47.9 Å². The van der Waals surface area contributed by atoms with Crippen molar-refractivity contribution in [1.29, 1.82) is 0 Å². The smallest absolute Gasteiger partial charge is 0.261 e. The van der Waals surface area contributed by atoms with Crippen molar-refractivity contribution >= 4 is 27.7 Å². The van der Waals surface area contributed by atoms with Crippen molar-refractivity contribution in [3.8, 4) is 5.75 Å². The molecule has 37 heavy (non-hydrogen) atoms. The molecular weight excluding hydrogens is 528 g/mol. The van der Waals surface area contributed by atoms with Crippen molar-refractivity contribution in [2.75, 3.05) is 6.61 Å². The second kappa shape index (κ2) is 12.9. The standard InChI is InChI=1S/C31H35BrN2O3/c1-22-17-27(18-23(2)30(22)32)37-21-29(35)34(20-25-13-7-4-8-14-25)28(19-24-11-5-3-6-12-24)31(36)33-26-15-9-10-16-26/h3-8,11-14,17-18,26,28H,9-10,15-16,19-21H2,1-2H3,(H,33,36). The van der Waals surface area contributed by atoms with Crippen LogP contribution in [0.15, 0.2) is 77.3 Å². The Kier molecular flexibility index (Phi) is 9.40. The lowest BCUT2D eigenvalue weighted by molar-refractivity contribution is -0.143. The van der Waals surface area contributed by atoms with Crippen LogP contribution in [-0.2, 0) is 22.6 Å². The fourth-order valence-electron chi connectivity index (χ4n) is 4.92. The zero-order valence-corrected chi connectivity index (χ0v) is 23.2. The first-order chi connectivity index (χ1) is 17.9. The van der Waals surface area contributed by atoms with Crippen LogP contribution in [0.5, 0.6) is 5.75 Å². The molecule has 1 saturated carbocycles. The minimum absolute atomic E-state index is 0.102. The molecule has 3 aromatic rings. The van der Waals surface area contributed by atoms with Gasteiger partial charge in [0.1, 0.15) is 11.8 Å². The number of amides is 2. The van der Waals surface area contributed by atoms with Gasteiger partial charge in [-0.05, 0) is 61.1 Å². The third kappa shape index (κ3) is 7.45. The van der Waals surface area contributed by atoms with Gasteiger partial charge in [-0.15, -0.1) is 0 Å². The number of rotatable bonds is 10. The second-order valence-electron chi connectivity index (χ2n) is 9.86. The molecule has 3 aromatic carbocycles. The van der Waals surface area contributed by atoms with Crippen LogP contribution in [0.2, 0.25) is 0 Å². The minimum atomic E-state index is -0.646. The molecule has 1 fully saturated rings. The number of ether oxygens (including phenoxy) is 1. The number of hydrogen-bond acceptors (Lipinski definition) is 3. The van der Waals surface area contributed by atoms with Crippen molar-refractivity contribution in [1.82, 2.24) is 10.2 Å². The van der Waals surface area contributed by atoms with Crippen LogP contribution < -0.4 is 10.1 Å². The predicted molar refractivity (Wildman–Crippen MR) is 150 cm³/mol. The van der Waals surface area contributed by atoms with Gasteiger partial charge in [-0.1, -0.05) is 89.4 Å². The Morgan fingerprint density at radius 3 is 2.11 bits per heavy atom. The fourth-order valence-corrected chi connectivity index (χ4v) is 5.15. The van der Waals surface area contributed by atoms with Crippen LogP contribution in [0.3, 0.4) is 0 Å². The molecule has 2 amide bonds. The molecule has 6 heteroatoms. The van der Waals surface area contributed by atoms with E-state index in [-0.39, 0.29) is 24.5 Å². The Morgan fingerprint density at radius 2 is 1.51 bits per heavy atom. The first-order valence-corrected chi connectivity index (χ1v) is 13.8. The van der Waals surface area contributed by atoms with E-state index in [1.165, 1.54) is 0 Å². The summed E-state index contributed by atoms with van der Waals surface area (Å²) in [6, 6.07) is 23.1. The van der Waals surface area contributed by atoms with Gasteiger partial charge >= 0.3 is 0 Å². The predicted octanol–water partition coefficient (Wildman–Crippen LogP) is 6.14. The van der Waals surface area contributed by atoms with Gasteiger partial charge in [0, 0.05) is 23.5 Å². The average Bonchev–Trinajstić information content (AvgIpc) is 3.42. The molecule has 0 saturated heterocycles. The van der Waals surface area contributed by atoms with Crippen LogP contribution in [0.4, 0.5) is 0 Å². The van der Waals surface area contributed by atoms with Crippen LogP contribution in [-0.4, -0.2) is 35.4 Å². The molecule has 0 aliphatic heterocycles. The highest BCUT2D eigenvalue weighted by Crippen LogP contribution is 2.26. The number of carbonyl (C=O) groups is 2. The fraction of sp³-hybridized carbons (Fsp3) is 0.355. The van der Waals surface area contributed by atoms with Gasteiger partial charge in [0.05, 0.1) is 0 Å². The number of nitrogens with zero attached hydrogens (tertiary/aromatic N) is 1. The molecule has 1 unspecified atom stereocenters. The van der Waals surface area contributed by atoms with Gasteiger partial charge < -0.3 is 15.0 Å². The Balaban J connectivity index is 1.60. The van der Waals surface area contributed by atoms with E-state index in [0.29, 0.717) is 18.7 Å². The van der Waals surface area contributed by atoms with Crippen molar-refractivity contribution < 1.29 is 14.3 Å². The highest BCUT2D eigenvalue weighted by molar-refractivity contribution is 9.10. The number of halogens is 1. The topological polar surface area (TPSA) is 58.6 Å². The number of carbonyl (C=O) groups excluding carboxylic acids is 2. The third-order valence-corrected chi connectivity index (χ3v) is 8.19. The summed E-state index contributed by atoms with van der Waals surface area (Å²) in [5.74, 6) is 0.321. The third-order valence-electron chi connectivity index (χ3n) is 6.94. The maximum Gasteiger partial charge on any atom is 0.261 e. The van der Waals surface area contributed by atoms with E-state index in [2.05, 4.69) is 21.2 Å². The molecule has 0 spiro atoms. The first kappa shape index (κ1) is 26.9. The van der Waals surface area contributed by atoms with E-state index in [1.54, 1.807) is 4.90 Å². The van der Waals surface area contributed by atoms with E-state index in [9.17, 15) is 9.59 Å². The normalized spacial score (nSPS) is 14.2. The molecule has 0 bridgehead atoms. The molecule has 1 N–H and O–H groups in total. The van der Waals surface area contributed by atoms with E-state index in [0.717, 1.165) is 52.4 Å². The van der Waals surface area contributed by atoms with Crippen molar-refractivity contribution in [2.45, 2.75) is 64.6 Å². The summed E-state index contributed by atoms with van der Waals surface area (Å²) in [4.78, 5) is 29.1. The van der Waals surface area contributed by atoms with E-state index in [4.69, 9.17) is 4.74 Å². The highest BCUT2D eigenvalue weighted by atomic mass is 79.9. The Morgan fingerprint density at radius 1 is 0.946 bits per heavy atom. The lowest BCUT2D eigenvalue weighted by Crippen LogP contribution is -2.53. The zero-order valence-electron chi connectivity index (χ0n) is 21.6. The van der Waals surface area contributed by atoms with Gasteiger partial charge in [-0.25, -0.2) is 0 Å². The summed E-state index contributed by atoms with van der Waals surface area (Å²) in [5, 5.41) is 3.24. The van der Waals surface area contributed by atoms with Gasteiger partial charge in [0.25, 0.3) is 5.91 Å². The molecule has 0 heterocycles. The molecule has 1 aliphatic rings. The minimum Gasteiger partial charge on any atom is -0.484 e. The largest absolute Gasteiger partial charge is 0.484 e. The monoisotopic (exact) mass is 562 g/mol. The molecule has 194 valence electrons. The maximum absolute atomic E-state index is 13.7. The molecule has 0 radical (unpaired) electrons. The quantitative estimate of drug-likeness (QED) is 0.322. The number of benzene rings is 3. The summed E-state index contributed by atoms with van der Waals surface area (Å²) in [7, 11) is 0. The zero-order chi connectivity index (χ0) is 26.2. The number of nitrogens with one attached hydrogen (secondary N) is 1. The Labute approximate surface area is 228 Å². The van der Waals surface area contributed by atoms with Crippen LogP contribution in [0, 0.1) is 13.8 Å². The average molecular weight is 564 g/mol. The molecule has 4 rings (SSSR count). The molecule has 0 aromatic heterocycles. The van der Waals surface area contributed by atoms with E-state index < -0.39 is 6.04 Å². The van der Waals surface area contributed by atoms with Crippen molar-refractivity contribution in [3.63, 3.8) is 0 Å². The van der Waals surface area contributed by atoms with E-state index in [1.807, 2.05) is 86.6 Å². The number of hydrogen-bond donors (Lipinski definition) is 1. The van der Waals surface area contributed by atoms with Crippen LogP contribution in [0.25, 0.3) is 0 Å². The summed E-state index contributed by atoms with van der Waals surface area (Å²) in [6.07, 6.45) is 4.67. The summed E-state index contributed by atoms with van der Waals surface area (Å²) in [5.41, 5.74) is 4.07. The molecule has 1 aliphatic carbocycles.